The highest BCUT2D eigenvalue weighted by Gasteiger charge is 2.26. The molecule has 3 aromatic rings. The Morgan fingerprint density at radius 2 is 1.92 bits per heavy atom. The zero-order valence-corrected chi connectivity index (χ0v) is 14.1. The maximum atomic E-state index is 14.6. The molecule has 4 rings (SSSR count). The molecule has 0 spiro atoms. The fourth-order valence-electron chi connectivity index (χ4n) is 2.94. The minimum atomic E-state index is -0.444. The minimum Gasteiger partial charge on any atom is -0.378 e. The SMILES string of the molecule is Fc1cccc(Cl)c1-c1c(Cl)nc2nccn2c1N1CCOCC1. The maximum Gasteiger partial charge on any atom is 0.236 e. The third-order valence-corrected chi connectivity index (χ3v) is 4.59. The van der Waals surface area contributed by atoms with Gasteiger partial charge in [0.1, 0.15) is 16.8 Å². The highest BCUT2D eigenvalue weighted by atomic mass is 35.5. The average Bonchev–Trinajstić information content (AvgIpc) is 3.03. The first-order valence-corrected chi connectivity index (χ1v) is 8.22. The number of nitrogens with zero attached hydrogens (tertiary/aromatic N) is 4. The molecule has 1 fully saturated rings. The first-order valence-electron chi connectivity index (χ1n) is 7.46. The lowest BCUT2D eigenvalue weighted by molar-refractivity contribution is 0.122. The number of hydrogen-bond donors (Lipinski definition) is 0. The molecule has 1 aliphatic heterocycles. The van der Waals surface area contributed by atoms with Gasteiger partial charge in [-0.25, -0.2) is 9.37 Å². The van der Waals surface area contributed by atoms with Gasteiger partial charge in [0.05, 0.1) is 23.8 Å². The number of hydrogen-bond acceptors (Lipinski definition) is 4. The van der Waals surface area contributed by atoms with Crippen LogP contribution in [0.4, 0.5) is 10.2 Å². The van der Waals surface area contributed by atoms with Crippen molar-refractivity contribution in [2.24, 2.45) is 0 Å². The van der Waals surface area contributed by atoms with Crippen molar-refractivity contribution in [2.45, 2.75) is 0 Å². The Morgan fingerprint density at radius 3 is 2.67 bits per heavy atom. The van der Waals surface area contributed by atoms with Gasteiger partial charge in [-0.2, -0.15) is 4.98 Å². The normalized spacial score (nSPS) is 15.2. The van der Waals surface area contributed by atoms with Crippen LogP contribution in [0.3, 0.4) is 0 Å². The van der Waals surface area contributed by atoms with Crippen molar-refractivity contribution in [3.63, 3.8) is 0 Å². The molecule has 0 amide bonds. The topological polar surface area (TPSA) is 42.7 Å². The minimum absolute atomic E-state index is 0.169. The summed E-state index contributed by atoms with van der Waals surface area (Å²) in [4.78, 5) is 10.6. The van der Waals surface area contributed by atoms with E-state index in [-0.39, 0.29) is 15.7 Å². The van der Waals surface area contributed by atoms with Crippen molar-refractivity contribution in [3.05, 3.63) is 46.6 Å². The van der Waals surface area contributed by atoms with Crippen LogP contribution in [0.5, 0.6) is 0 Å². The number of imidazole rings is 1. The quantitative estimate of drug-likeness (QED) is 0.648. The smallest absolute Gasteiger partial charge is 0.236 e. The third-order valence-electron chi connectivity index (χ3n) is 4.00. The highest BCUT2D eigenvalue weighted by molar-refractivity contribution is 6.36. The summed E-state index contributed by atoms with van der Waals surface area (Å²) in [6.07, 6.45) is 3.41. The van der Waals surface area contributed by atoms with E-state index in [0.717, 1.165) is 5.82 Å². The lowest BCUT2D eigenvalue weighted by Gasteiger charge is -2.31. The van der Waals surface area contributed by atoms with Crippen LogP contribution in [0.25, 0.3) is 16.9 Å². The number of ether oxygens (including phenoxy) is 1. The molecular weight excluding hydrogens is 354 g/mol. The van der Waals surface area contributed by atoms with Gasteiger partial charge >= 0.3 is 0 Å². The number of fused-ring (bicyclic) bond motifs is 1. The molecule has 1 saturated heterocycles. The van der Waals surface area contributed by atoms with E-state index in [1.165, 1.54) is 6.07 Å². The van der Waals surface area contributed by atoms with E-state index < -0.39 is 5.82 Å². The van der Waals surface area contributed by atoms with Crippen molar-refractivity contribution >= 4 is 34.8 Å². The zero-order chi connectivity index (χ0) is 16.7. The molecule has 0 bridgehead atoms. The van der Waals surface area contributed by atoms with E-state index in [4.69, 9.17) is 27.9 Å². The molecule has 1 aromatic carbocycles. The van der Waals surface area contributed by atoms with Crippen LogP contribution >= 0.6 is 23.2 Å². The summed E-state index contributed by atoms with van der Waals surface area (Å²) in [6, 6.07) is 4.56. The van der Waals surface area contributed by atoms with Crippen LogP contribution in [-0.2, 0) is 4.74 Å². The Morgan fingerprint density at radius 1 is 1.12 bits per heavy atom. The summed E-state index contributed by atoms with van der Waals surface area (Å²) in [5.74, 6) is 0.732. The summed E-state index contributed by atoms with van der Waals surface area (Å²) in [6.45, 7) is 2.49. The molecule has 2 aromatic heterocycles. The van der Waals surface area contributed by atoms with Crippen molar-refractivity contribution in [1.29, 1.82) is 0 Å². The summed E-state index contributed by atoms with van der Waals surface area (Å²) < 4.78 is 21.8. The zero-order valence-electron chi connectivity index (χ0n) is 12.5. The monoisotopic (exact) mass is 366 g/mol. The molecule has 24 heavy (non-hydrogen) atoms. The van der Waals surface area contributed by atoms with E-state index in [1.54, 1.807) is 28.9 Å². The summed E-state index contributed by atoms with van der Waals surface area (Å²) in [5, 5.41) is 0.454. The lowest BCUT2D eigenvalue weighted by Crippen LogP contribution is -2.37. The second kappa shape index (κ2) is 6.20. The predicted molar refractivity (Wildman–Crippen MR) is 91.4 cm³/mol. The molecule has 0 radical (unpaired) electrons. The molecule has 0 saturated carbocycles. The fourth-order valence-corrected chi connectivity index (χ4v) is 3.45. The first kappa shape index (κ1) is 15.6. The van der Waals surface area contributed by atoms with Crippen molar-refractivity contribution in [1.82, 2.24) is 14.4 Å². The van der Waals surface area contributed by atoms with Gasteiger partial charge in [-0.05, 0) is 12.1 Å². The number of aromatic nitrogens is 3. The predicted octanol–water partition coefficient (Wildman–Crippen LogP) is 3.68. The Hall–Kier alpha value is -1.89. The molecule has 124 valence electrons. The van der Waals surface area contributed by atoms with Crippen LogP contribution in [0.15, 0.2) is 30.6 Å². The van der Waals surface area contributed by atoms with Gasteiger partial charge in [-0.15, -0.1) is 0 Å². The molecule has 5 nitrogen and oxygen atoms in total. The Bertz CT molecular complexity index is 888. The number of rotatable bonds is 2. The van der Waals surface area contributed by atoms with Gasteiger partial charge < -0.3 is 9.64 Å². The molecule has 0 atom stereocenters. The number of anilines is 1. The van der Waals surface area contributed by atoms with Gasteiger partial charge in [0.2, 0.25) is 5.78 Å². The largest absolute Gasteiger partial charge is 0.378 e. The van der Waals surface area contributed by atoms with Gasteiger partial charge in [0.15, 0.2) is 0 Å². The Labute approximate surface area is 147 Å². The van der Waals surface area contributed by atoms with Gasteiger partial charge in [-0.1, -0.05) is 29.3 Å². The molecule has 0 unspecified atom stereocenters. The first-order chi connectivity index (χ1) is 11.7. The highest BCUT2D eigenvalue weighted by Crippen LogP contribution is 2.41. The van der Waals surface area contributed by atoms with Crippen LogP contribution in [0.1, 0.15) is 0 Å². The van der Waals surface area contributed by atoms with E-state index >= 15 is 0 Å². The summed E-state index contributed by atoms with van der Waals surface area (Å²) in [5.41, 5.74) is 0.709. The maximum absolute atomic E-state index is 14.6. The van der Waals surface area contributed by atoms with E-state index in [1.807, 2.05) is 0 Å². The molecule has 0 aliphatic carbocycles. The molecular formula is C16H13Cl2FN4O. The second-order valence-electron chi connectivity index (χ2n) is 5.39. The fraction of sp³-hybridized carbons (Fsp3) is 0.250. The third kappa shape index (κ3) is 2.51. The van der Waals surface area contributed by atoms with Crippen LogP contribution in [0.2, 0.25) is 10.2 Å². The van der Waals surface area contributed by atoms with Crippen molar-refractivity contribution in [3.8, 4) is 11.1 Å². The molecule has 0 N–H and O–H groups in total. The molecule has 1 aliphatic rings. The van der Waals surface area contributed by atoms with Gasteiger partial charge in [0.25, 0.3) is 0 Å². The van der Waals surface area contributed by atoms with Crippen molar-refractivity contribution in [2.75, 3.05) is 31.2 Å². The average molecular weight is 367 g/mol. The van der Waals surface area contributed by atoms with E-state index in [0.29, 0.717) is 37.6 Å². The van der Waals surface area contributed by atoms with E-state index in [9.17, 15) is 4.39 Å². The standard InChI is InChI=1S/C16H13Cl2FN4O/c17-10-2-1-3-11(19)12(10)13-14(18)21-16-20-4-5-23(16)15(13)22-6-8-24-9-7-22/h1-5H,6-9H2. The summed E-state index contributed by atoms with van der Waals surface area (Å²) in [7, 11) is 0. The number of benzene rings is 1. The van der Waals surface area contributed by atoms with Gasteiger partial charge in [-0.3, -0.25) is 4.40 Å². The van der Waals surface area contributed by atoms with Crippen LogP contribution in [-0.4, -0.2) is 40.7 Å². The molecule has 8 heteroatoms. The lowest BCUT2D eigenvalue weighted by atomic mass is 10.1. The van der Waals surface area contributed by atoms with E-state index in [2.05, 4.69) is 14.9 Å². The molecule has 3 heterocycles. The summed E-state index contributed by atoms with van der Waals surface area (Å²) >= 11 is 12.7. The van der Waals surface area contributed by atoms with Crippen molar-refractivity contribution < 1.29 is 9.13 Å². The Kier molecular flexibility index (Phi) is 4.04. The van der Waals surface area contributed by atoms with Crippen LogP contribution in [0, 0.1) is 5.82 Å². The van der Waals surface area contributed by atoms with Gasteiger partial charge in [0, 0.05) is 31.0 Å². The Balaban J connectivity index is 2.05. The number of halogens is 3. The second-order valence-corrected chi connectivity index (χ2v) is 6.16. The van der Waals surface area contributed by atoms with Crippen LogP contribution < -0.4 is 4.90 Å². The number of morpholine rings is 1.